The summed E-state index contributed by atoms with van der Waals surface area (Å²) in [7, 11) is 0. The van der Waals surface area contributed by atoms with E-state index in [2.05, 4.69) is 0 Å². The molecule has 32 heavy (non-hydrogen) atoms. The average molecular weight is 445 g/mol. The number of rotatable bonds is 5. The van der Waals surface area contributed by atoms with Crippen LogP contribution in [-0.2, 0) is 36.0 Å². The minimum Gasteiger partial charge on any atom is -0.381 e. The van der Waals surface area contributed by atoms with Gasteiger partial charge in [-0.1, -0.05) is 6.07 Å². The number of anilines is 1. The van der Waals surface area contributed by atoms with Gasteiger partial charge in [0, 0.05) is 31.6 Å². The van der Waals surface area contributed by atoms with Gasteiger partial charge in [-0.05, 0) is 55.0 Å². The Morgan fingerprint density at radius 1 is 1.09 bits per heavy atom. The molecular weight excluding hydrogens is 420 g/mol. The fourth-order valence-corrected chi connectivity index (χ4v) is 4.96. The van der Waals surface area contributed by atoms with E-state index in [4.69, 9.17) is 14.2 Å². The Labute approximate surface area is 184 Å². The van der Waals surface area contributed by atoms with Crippen molar-refractivity contribution in [1.29, 1.82) is 0 Å². The van der Waals surface area contributed by atoms with Crippen molar-refractivity contribution in [2.45, 2.75) is 43.9 Å². The van der Waals surface area contributed by atoms with Crippen molar-refractivity contribution >= 4 is 17.4 Å². The van der Waals surface area contributed by atoms with Crippen LogP contribution in [0, 0.1) is 5.92 Å². The van der Waals surface area contributed by atoms with Crippen molar-refractivity contribution < 1.29 is 32.6 Å². The Kier molecular flexibility index (Phi) is 5.69. The molecule has 1 aromatic rings. The van der Waals surface area contributed by atoms with E-state index < -0.39 is 29.4 Å². The van der Waals surface area contributed by atoms with E-state index >= 15 is 0 Å². The monoisotopic (exact) mass is 445 g/mol. The Bertz CT molecular complexity index is 992. The summed E-state index contributed by atoms with van der Waals surface area (Å²) in [4.78, 5) is 27.5. The molecule has 1 spiro atoms. The number of benzene rings is 1. The number of fused-ring (bicyclic) bond motifs is 2. The van der Waals surface area contributed by atoms with E-state index in [1.54, 1.807) is 18.2 Å². The Morgan fingerprint density at radius 2 is 1.84 bits per heavy atom. The molecule has 0 radical (unpaired) electrons. The van der Waals surface area contributed by atoms with Gasteiger partial charge in [-0.3, -0.25) is 14.5 Å². The number of carbonyl (C=O) groups excluding carboxylic acids is 2. The topological polar surface area (TPSA) is 65.1 Å². The number of nitrogens with zero attached hydrogens (tertiary/aromatic N) is 1. The van der Waals surface area contributed by atoms with Gasteiger partial charge < -0.3 is 14.2 Å². The van der Waals surface area contributed by atoms with Crippen molar-refractivity contribution in [3.05, 3.63) is 53.1 Å². The molecule has 0 bridgehead atoms. The molecule has 0 saturated carbocycles. The molecule has 3 heterocycles. The number of allylic oxidation sites excluding steroid dienone is 2. The maximum atomic E-state index is 13.9. The standard InChI is InChI=1S/C24H25F2NO5/c25-20-3-2-17(14-21(20)26)27-22-4-1-16(12-18(28)11-15-5-7-30-8-6-15)13-19(22)24(23(27)29)31-9-10-32-24/h1,3-4,13-15,17H,2,5-12H2. The molecule has 1 amide bonds. The summed E-state index contributed by atoms with van der Waals surface area (Å²) in [5, 5.41) is 0. The number of ketones is 1. The predicted octanol–water partition coefficient (Wildman–Crippen LogP) is 3.64. The summed E-state index contributed by atoms with van der Waals surface area (Å²) in [6, 6.07) is 4.63. The molecule has 2 saturated heterocycles. The van der Waals surface area contributed by atoms with E-state index in [0.717, 1.165) is 30.6 Å². The van der Waals surface area contributed by atoms with Crippen LogP contribution >= 0.6 is 0 Å². The van der Waals surface area contributed by atoms with Gasteiger partial charge in [0.15, 0.2) is 11.7 Å². The first-order valence-electron chi connectivity index (χ1n) is 11.1. The highest BCUT2D eigenvalue weighted by Gasteiger charge is 2.57. The molecule has 6 nitrogen and oxygen atoms in total. The van der Waals surface area contributed by atoms with Crippen LogP contribution in [0.3, 0.4) is 0 Å². The zero-order valence-electron chi connectivity index (χ0n) is 17.6. The third kappa shape index (κ3) is 3.70. The second kappa shape index (κ2) is 8.50. The number of amides is 1. The van der Waals surface area contributed by atoms with E-state index in [-0.39, 0.29) is 31.8 Å². The van der Waals surface area contributed by atoms with E-state index in [0.29, 0.717) is 36.8 Å². The molecule has 1 aliphatic carbocycles. The second-order valence-corrected chi connectivity index (χ2v) is 8.69. The summed E-state index contributed by atoms with van der Waals surface area (Å²) in [6.45, 7) is 1.88. The Morgan fingerprint density at radius 3 is 2.56 bits per heavy atom. The van der Waals surface area contributed by atoms with Gasteiger partial charge in [0.2, 0.25) is 0 Å². The molecule has 8 heteroatoms. The fourth-order valence-electron chi connectivity index (χ4n) is 4.96. The highest BCUT2D eigenvalue weighted by molar-refractivity contribution is 6.07. The molecule has 4 aliphatic rings. The van der Waals surface area contributed by atoms with Gasteiger partial charge in [0.05, 0.1) is 24.9 Å². The number of carbonyl (C=O) groups is 2. The first kappa shape index (κ1) is 21.4. The van der Waals surface area contributed by atoms with Crippen LogP contribution in [0.2, 0.25) is 0 Å². The first-order chi connectivity index (χ1) is 15.5. The molecule has 5 rings (SSSR count). The Balaban J connectivity index is 1.41. The maximum Gasteiger partial charge on any atom is 0.293 e. The third-order valence-corrected chi connectivity index (χ3v) is 6.57. The lowest BCUT2D eigenvalue weighted by molar-refractivity contribution is -0.181. The Hall–Kier alpha value is -2.42. The molecule has 1 aromatic carbocycles. The number of hydrogen-bond acceptors (Lipinski definition) is 5. The summed E-state index contributed by atoms with van der Waals surface area (Å²) < 4.78 is 44.3. The quantitative estimate of drug-likeness (QED) is 0.693. The van der Waals surface area contributed by atoms with Crippen LogP contribution in [0.25, 0.3) is 0 Å². The number of Topliss-reactive ketones (excluding diaryl/α,β-unsaturated/α-hetero) is 1. The third-order valence-electron chi connectivity index (χ3n) is 6.57. The first-order valence-corrected chi connectivity index (χ1v) is 11.1. The van der Waals surface area contributed by atoms with Gasteiger partial charge in [-0.2, -0.15) is 0 Å². The smallest absolute Gasteiger partial charge is 0.293 e. The number of hydrogen-bond donors (Lipinski definition) is 0. The van der Waals surface area contributed by atoms with Gasteiger partial charge >= 0.3 is 0 Å². The van der Waals surface area contributed by atoms with Crippen LogP contribution in [0.15, 0.2) is 42.0 Å². The van der Waals surface area contributed by atoms with Gasteiger partial charge in [0.25, 0.3) is 11.7 Å². The van der Waals surface area contributed by atoms with Gasteiger partial charge in [-0.15, -0.1) is 0 Å². The van der Waals surface area contributed by atoms with E-state index in [9.17, 15) is 18.4 Å². The lowest BCUT2D eigenvalue weighted by Gasteiger charge is -2.28. The molecule has 2 fully saturated rings. The summed E-state index contributed by atoms with van der Waals surface area (Å²) >= 11 is 0. The van der Waals surface area contributed by atoms with Crippen molar-refractivity contribution in [2.24, 2.45) is 5.92 Å². The van der Waals surface area contributed by atoms with Crippen molar-refractivity contribution in [3.8, 4) is 0 Å². The van der Waals surface area contributed by atoms with Crippen LogP contribution < -0.4 is 4.90 Å². The summed E-state index contributed by atoms with van der Waals surface area (Å²) in [5.41, 5.74) is 1.81. The zero-order valence-corrected chi connectivity index (χ0v) is 17.6. The predicted molar refractivity (Wildman–Crippen MR) is 111 cm³/mol. The maximum absolute atomic E-state index is 13.9. The highest BCUT2D eigenvalue weighted by atomic mass is 19.2. The SMILES string of the molecule is O=C(Cc1ccc2c(c1)C1(OCCO1)C(=O)N2C1C=C(F)C(F)=CC1)CC1CCOCC1. The minimum atomic E-state index is -1.60. The van der Waals surface area contributed by atoms with Crippen LogP contribution in [-0.4, -0.2) is 44.2 Å². The van der Waals surface area contributed by atoms with Crippen molar-refractivity contribution in [3.63, 3.8) is 0 Å². The van der Waals surface area contributed by atoms with E-state index in [1.165, 1.54) is 4.90 Å². The molecule has 3 aliphatic heterocycles. The molecule has 1 unspecified atom stereocenters. The molecule has 1 atom stereocenters. The van der Waals surface area contributed by atoms with Gasteiger partial charge in [0.1, 0.15) is 5.78 Å². The van der Waals surface area contributed by atoms with Gasteiger partial charge in [-0.25, -0.2) is 8.78 Å². The normalized spacial score (nSPS) is 25.1. The molecule has 170 valence electrons. The fraction of sp³-hybridized carbons (Fsp3) is 0.500. The summed E-state index contributed by atoms with van der Waals surface area (Å²) in [6.07, 6.45) is 4.93. The van der Waals surface area contributed by atoms with Crippen LogP contribution in [0.5, 0.6) is 0 Å². The number of ether oxygens (including phenoxy) is 3. The minimum absolute atomic E-state index is 0.137. The molecule has 0 aromatic heterocycles. The molecular formula is C24H25F2NO5. The zero-order chi connectivity index (χ0) is 22.3. The second-order valence-electron chi connectivity index (χ2n) is 8.69. The lowest BCUT2D eigenvalue weighted by atomic mass is 9.91. The van der Waals surface area contributed by atoms with Crippen LogP contribution in [0.4, 0.5) is 14.5 Å². The van der Waals surface area contributed by atoms with Crippen molar-refractivity contribution in [2.75, 3.05) is 31.3 Å². The number of halogens is 2. The van der Waals surface area contributed by atoms with E-state index in [1.807, 2.05) is 0 Å². The summed E-state index contributed by atoms with van der Waals surface area (Å²) in [5.74, 6) is -3.48. The van der Waals surface area contributed by atoms with Crippen molar-refractivity contribution in [1.82, 2.24) is 0 Å². The molecule has 0 N–H and O–H groups in total. The van der Waals surface area contributed by atoms with Crippen LogP contribution in [0.1, 0.15) is 36.8 Å². The average Bonchev–Trinajstić information content (AvgIpc) is 3.36. The lowest BCUT2D eigenvalue weighted by Crippen LogP contribution is -2.45. The largest absolute Gasteiger partial charge is 0.381 e. The highest BCUT2D eigenvalue weighted by Crippen LogP contribution is 2.48.